The molecule has 0 bridgehead atoms. The third-order valence-electron chi connectivity index (χ3n) is 2.94. The molecule has 0 aliphatic heterocycles. The van der Waals surface area contributed by atoms with Gasteiger partial charge in [0.15, 0.2) is 0 Å². The van der Waals surface area contributed by atoms with Gasteiger partial charge in [-0.25, -0.2) is 0 Å². The van der Waals surface area contributed by atoms with Gasteiger partial charge in [-0.2, -0.15) is 0 Å². The fourth-order valence-corrected chi connectivity index (χ4v) is 1.89. The van der Waals surface area contributed by atoms with Crippen molar-refractivity contribution in [2.45, 2.75) is 45.4 Å². The van der Waals surface area contributed by atoms with Crippen molar-refractivity contribution in [1.82, 2.24) is 5.32 Å². The highest BCUT2D eigenvalue weighted by molar-refractivity contribution is 5.80. The number of amides is 1. The maximum absolute atomic E-state index is 11.7. The zero-order valence-corrected chi connectivity index (χ0v) is 11.8. The van der Waals surface area contributed by atoms with E-state index in [-0.39, 0.29) is 11.9 Å². The van der Waals surface area contributed by atoms with Crippen molar-refractivity contribution >= 4 is 5.91 Å². The summed E-state index contributed by atoms with van der Waals surface area (Å²) in [5.41, 5.74) is 0.862. The highest BCUT2D eigenvalue weighted by atomic mass is 16.5. The standard InChI is InChI=1S/C15H23NO3/c1-4-19-12(3)15(18)16-11(2)10-14(17)13-8-6-5-7-9-13/h5-9,11-12,14,17H,4,10H2,1-3H3,(H,16,18). The van der Waals surface area contributed by atoms with Crippen LogP contribution < -0.4 is 5.32 Å². The maximum atomic E-state index is 11.7. The van der Waals surface area contributed by atoms with Crippen molar-refractivity contribution in [3.8, 4) is 0 Å². The quantitative estimate of drug-likeness (QED) is 0.793. The van der Waals surface area contributed by atoms with E-state index >= 15 is 0 Å². The predicted octanol–water partition coefficient (Wildman–Crippen LogP) is 2.04. The van der Waals surface area contributed by atoms with Crippen LogP contribution in [0.2, 0.25) is 0 Å². The molecule has 2 N–H and O–H groups in total. The molecule has 0 saturated heterocycles. The van der Waals surface area contributed by atoms with E-state index in [1.807, 2.05) is 44.2 Å². The van der Waals surface area contributed by atoms with Crippen LogP contribution in [-0.2, 0) is 9.53 Å². The molecule has 0 fully saturated rings. The average molecular weight is 265 g/mol. The first-order valence-electron chi connectivity index (χ1n) is 6.69. The second kappa shape index (κ2) is 7.92. The fraction of sp³-hybridized carbons (Fsp3) is 0.533. The van der Waals surface area contributed by atoms with Crippen molar-refractivity contribution in [3.63, 3.8) is 0 Å². The molecule has 0 heterocycles. The Balaban J connectivity index is 2.43. The molecule has 0 radical (unpaired) electrons. The zero-order chi connectivity index (χ0) is 14.3. The molecule has 1 aromatic carbocycles. The van der Waals surface area contributed by atoms with Crippen LogP contribution in [-0.4, -0.2) is 29.8 Å². The molecule has 0 saturated carbocycles. The lowest BCUT2D eigenvalue weighted by Crippen LogP contribution is -2.40. The van der Waals surface area contributed by atoms with Gasteiger partial charge in [-0.3, -0.25) is 4.79 Å². The Hall–Kier alpha value is -1.39. The van der Waals surface area contributed by atoms with E-state index in [4.69, 9.17) is 4.74 Å². The first-order valence-corrected chi connectivity index (χ1v) is 6.69. The van der Waals surface area contributed by atoms with E-state index in [0.717, 1.165) is 5.56 Å². The van der Waals surface area contributed by atoms with Crippen LogP contribution in [0.25, 0.3) is 0 Å². The van der Waals surface area contributed by atoms with Crippen molar-refractivity contribution in [2.75, 3.05) is 6.61 Å². The number of aliphatic hydroxyl groups is 1. The fourth-order valence-electron chi connectivity index (χ4n) is 1.89. The Morgan fingerprint density at radius 1 is 1.32 bits per heavy atom. The minimum absolute atomic E-state index is 0.106. The molecular weight excluding hydrogens is 242 g/mol. The molecule has 1 aromatic rings. The van der Waals surface area contributed by atoms with Gasteiger partial charge in [0.1, 0.15) is 6.10 Å². The summed E-state index contributed by atoms with van der Waals surface area (Å²) < 4.78 is 5.22. The first-order chi connectivity index (χ1) is 9.04. The summed E-state index contributed by atoms with van der Waals surface area (Å²) in [6, 6.07) is 9.33. The molecule has 3 atom stereocenters. The van der Waals surface area contributed by atoms with Crippen molar-refractivity contribution in [1.29, 1.82) is 0 Å². The van der Waals surface area contributed by atoms with Gasteiger partial charge in [0.05, 0.1) is 6.10 Å². The first kappa shape index (κ1) is 15.7. The van der Waals surface area contributed by atoms with E-state index in [1.165, 1.54) is 0 Å². The Bertz CT molecular complexity index is 380. The highest BCUT2D eigenvalue weighted by Crippen LogP contribution is 2.17. The second-order valence-corrected chi connectivity index (χ2v) is 4.67. The van der Waals surface area contributed by atoms with Crippen LogP contribution in [0.15, 0.2) is 30.3 Å². The number of hydrogen-bond donors (Lipinski definition) is 2. The van der Waals surface area contributed by atoms with Gasteiger partial charge < -0.3 is 15.2 Å². The van der Waals surface area contributed by atoms with Gasteiger partial charge in [0, 0.05) is 12.6 Å². The van der Waals surface area contributed by atoms with Gasteiger partial charge in [-0.15, -0.1) is 0 Å². The van der Waals surface area contributed by atoms with Gasteiger partial charge in [-0.1, -0.05) is 30.3 Å². The minimum atomic E-state index is -0.570. The third-order valence-corrected chi connectivity index (χ3v) is 2.94. The van der Waals surface area contributed by atoms with Gasteiger partial charge in [0.25, 0.3) is 0 Å². The van der Waals surface area contributed by atoms with Crippen molar-refractivity contribution in [2.24, 2.45) is 0 Å². The van der Waals surface area contributed by atoms with E-state index in [1.54, 1.807) is 6.92 Å². The van der Waals surface area contributed by atoms with E-state index in [2.05, 4.69) is 5.32 Å². The van der Waals surface area contributed by atoms with Crippen LogP contribution in [0.3, 0.4) is 0 Å². The van der Waals surface area contributed by atoms with Crippen molar-refractivity contribution < 1.29 is 14.6 Å². The number of rotatable bonds is 7. The lowest BCUT2D eigenvalue weighted by molar-refractivity contribution is -0.132. The Morgan fingerprint density at radius 2 is 1.95 bits per heavy atom. The molecule has 0 aromatic heterocycles. The lowest BCUT2D eigenvalue weighted by Gasteiger charge is -2.20. The molecular formula is C15H23NO3. The van der Waals surface area contributed by atoms with Crippen LogP contribution >= 0.6 is 0 Å². The number of nitrogens with one attached hydrogen (secondary N) is 1. The van der Waals surface area contributed by atoms with Gasteiger partial charge in [-0.05, 0) is 32.8 Å². The number of hydrogen-bond acceptors (Lipinski definition) is 3. The van der Waals surface area contributed by atoms with Gasteiger partial charge in [0.2, 0.25) is 5.91 Å². The second-order valence-electron chi connectivity index (χ2n) is 4.67. The summed E-state index contributed by atoms with van der Waals surface area (Å²) in [6.45, 7) is 5.96. The highest BCUT2D eigenvalue weighted by Gasteiger charge is 2.17. The smallest absolute Gasteiger partial charge is 0.249 e. The maximum Gasteiger partial charge on any atom is 0.249 e. The SMILES string of the molecule is CCOC(C)C(=O)NC(C)CC(O)c1ccccc1. The van der Waals surface area contributed by atoms with E-state index in [0.29, 0.717) is 13.0 Å². The Kier molecular flexibility index (Phi) is 6.53. The number of carbonyl (C=O) groups is 1. The molecule has 1 rings (SSSR count). The summed E-state index contributed by atoms with van der Waals surface area (Å²) >= 11 is 0. The van der Waals surface area contributed by atoms with E-state index < -0.39 is 12.2 Å². The molecule has 0 spiro atoms. The molecule has 4 heteroatoms. The van der Waals surface area contributed by atoms with Crippen LogP contribution in [0.1, 0.15) is 38.9 Å². The normalized spacial score (nSPS) is 15.6. The zero-order valence-electron chi connectivity index (χ0n) is 11.8. The molecule has 106 valence electrons. The van der Waals surface area contributed by atoms with Crippen LogP contribution in [0.4, 0.5) is 0 Å². The minimum Gasteiger partial charge on any atom is -0.388 e. The van der Waals surface area contributed by atoms with Crippen LogP contribution in [0, 0.1) is 0 Å². The average Bonchev–Trinajstić information content (AvgIpc) is 2.39. The molecule has 4 nitrogen and oxygen atoms in total. The molecule has 1 amide bonds. The van der Waals surface area contributed by atoms with E-state index in [9.17, 15) is 9.90 Å². The summed E-state index contributed by atoms with van der Waals surface area (Å²) in [6.07, 6.45) is -0.547. The monoisotopic (exact) mass is 265 g/mol. The summed E-state index contributed by atoms with van der Waals surface area (Å²) in [7, 11) is 0. The Labute approximate surface area is 114 Å². The molecule has 3 unspecified atom stereocenters. The predicted molar refractivity (Wildman–Crippen MR) is 74.7 cm³/mol. The molecule has 19 heavy (non-hydrogen) atoms. The number of ether oxygens (including phenoxy) is 1. The third kappa shape index (κ3) is 5.41. The summed E-state index contributed by atoms with van der Waals surface area (Å²) in [5, 5.41) is 12.9. The molecule has 0 aliphatic rings. The Morgan fingerprint density at radius 3 is 2.53 bits per heavy atom. The largest absolute Gasteiger partial charge is 0.388 e. The topological polar surface area (TPSA) is 58.6 Å². The lowest BCUT2D eigenvalue weighted by atomic mass is 10.0. The summed E-state index contributed by atoms with van der Waals surface area (Å²) in [5.74, 6) is -0.144. The van der Waals surface area contributed by atoms with Gasteiger partial charge >= 0.3 is 0 Å². The van der Waals surface area contributed by atoms with Crippen LogP contribution in [0.5, 0.6) is 0 Å². The van der Waals surface area contributed by atoms with Crippen molar-refractivity contribution in [3.05, 3.63) is 35.9 Å². The number of benzene rings is 1. The number of aliphatic hydroxyl groups excluding tert-OH is 1. The number of carbonyl (C=O) groups excluding carboxylic acids is 1. The molecule has 0 aliphatic carbocycles. The summed E-state index contributed by atoms with van der Waals surface area (Å²) in [4.78, 5) is 11.7.